The van der Waals surface area contributed by atoms with Crippen molar-refractivity contribution in [2.24, 2.45) is 0 Å². The van der Waals surface area contributed by atoms with Crippen molar-refractivity contribution < 1.29 is 8.60 Å². The highest BCUT2D eigenvalue weighted by molar-refractivity contribution is 7.99. The van der Waals surface area contributed by atoms with E-state index in [9.17, 15) is 8.60 Å². The van der Waals surface area contributed by atoms with Crippen LogP contribution in [0.3, 0.4) is 0 Å². The highest BCUT2D eigenvalue weighted by Gasteiger charge is 2.15. The average molecular weight is 214 g/mol. The topological polar surface area (TPSA) is 17.1 Å². The van der Waals surface area contributed by atoms with Gasteiger partial charge in [-0.05, 0) is 33.4 Å². The lowest BCUT2D eigenvalue weighted by Crippen LogP contribution is -2.05. The molecule has 1 unspecified atom stereocenters. The van der Waals surface area contributed by atoms with Crippen LogP contribution in [0.1, 0.15) is 25.3 Å². The molecule has 0 N–H and O–H groups in total. The third kappa shape index (κ3) is 2.15. The Morgan fingerprint density at radius 2 is 2.00 bits per heavy atom. The molecule has 0 saturated heterocycles. The predicted octanol–water partition coefficient (Wildman–Crippen LogP) is 2.65. The van der Waals surface area contributed by atoms with Crippen LogP contribution in [0.2, 0.25) is 0 Å². The lowest BCUT2D eigenvalue weighted by Gasteiger charge is -2.14. The maximum atomic E-state index is 13.5. The summed E-state index contributed by atoms with van der Waals surface area (Å²) in [4.78, 5) is 0.535. The molecule has 0 aliphatic heterocycles. The van der Waals surface area contributed by atoms with E-state index in [2.05, 4.69) is 5.87 Å². The van der Waals surface area contributed by atoms with Gasteiger partial charge in [0.15, 0.2) is 0 Å². The highest BCUT2D eigenvalue weighted by atomic mass is 32.2. The van der Waals surface area contributed by atoms with Crippen molar-refractivity contribution in [3.63, 3.8) is 0 Å². The van der Waals surface area contributed by atoms with Gasteiger partial charge in [0, 0.05) is 16.7 Å². The molecule has 0 aliphatic rings. The molecule has 0 amide bonds. The average Bonchev–Trinajstić information content (AvgIpc) is 2.01. The van der Waals surface area contributed by atoms with Crippen molar-refractivity contribution in [3.8, 4) is 0 Å². The molecule has 0 aromatic heterocycles. The summed E-state index contributed by atoms with van der Waals surface area (Å²) in [5.74, 6) is 3.31. The number of hydrogen-bond acceptors (Lipinski definition) is 1. The number of benzene rings is 1. The maximum Gasteiger partial charge on any atom is 0.127 e. The van der Waals surface area contributed by atoms with E-state index in [0.29, 0.717) is 10.5 Å². The standard InChI is InChI=1S/C11H15FOS/c1-8(2)11-9(12)6-5-7-10(11)14(3,4)13/h5-8H,3H2,1-2,4H3. The third-order valence-electron chi connectivity index (χ3n) is 2.06. The Bertz CT molecular complexity index is 433. The van der Waals surface area contributed by atoms with Gasteiger partial charge in [0.1, 0.15) is 5.82 Å². The Labute approximate surface area is 85.0 Å². The van der Waals surface area contributed by atoms with E-state index in [1.807, 2.05) is 13.8 Å². The lowest BCUT2D eigenvalue weighted by atomic mass is 10.0. The fourth-order valence-electron chi connectivity index (χ4n) is 1.45. The fourth-order valence-corrected chi connectivity index (χ4v) is 2.62. The molecule has 0 spiro atoms. The van der Waals surface area contributed by atoms with Crippen LogP contribution >= 0.6 is 0 Å². The number of halogens is 1. The minimum absolute atomic E-state index is 0.0220. The summed E-state index contributed by atoms with van der Waals surface area (Å²) < 4.78 is 25.3. The van der Waals surface area contributed by atoms with Gasteiger partial charge in [-0.3, -0.25) is 4.21 Å². The van der Waals surface area contributed by atoms with E-state index in [4.69, 9.17) is 0 Å². The molecule has 0 bridgehead atoms. The van der Waals surface area contributed by atoms with Crippen LogP contribution in [0, 0.1) is 5.82 Å². The lowest BCUT2D eigenvalue weighted by molar-refractivity contribution is 0.588. The summed E-state index contributed by atoms with van der Waals surface area (Å²) in [5, 5.41) is 0. The van der Waals surface area contributed by atoms with Crippen molar-refractivity contribution in [1.82, 2.24) is 0 Å². The SMILES string of the molecule is C=S(C)(=O)c1cccc(F)c1C(C)C. The Hall–Kier alpha value is -0.830. The molecule has 78 valence electrons. The van der Waals surface area contributed by atoms with Crippen LogP contribution in [-0.2, 0) is 9.52 Å². The molecule has 0 radical (unpaired) electrons. The third-order valence-corrected chi connectivity index (χ3v) is 3.34. The first kappa shape index (κ1) is 11.2. The molecule has 0 saturated carbocycles. The first-order valence-electron chi connectivity index (χ1n) is 4.44. The Balaban J connectivity index is 3.52. The van der Waals surface area contributed by atoms with Crippen LogP contribution in [0.15, 0.2) is 23.1 Å². The van der Waals surface area contributed by atoms with Gasteiger partial charge in [-0.1, -0.05) is 19.9 Å². The van der Waals surface area contributed by atoms with Crippen LogP contribution in [0.5, 0.6) is 0 Å². The Morgan fingerprint density at radius 3 is 2.36 bits per heavy atom. The second-order valence-corrected chi connectivity index (χ2v) is 6.26. The summed E-state index contributed by atoms with van der Waals surface area (Å²) >= 11 is 0. The fraction of sp³-hybridized carbons (Fsp3) is 0.364. The van der Waals surface area contributed by atoms with Crippen molar-refractivity contribution >= 4 is 15.4 Å². The van der Waals surface area contributed by atoms with Crippen molar-refractivity contribution in [2.45, 2.75) is 24.7 Å². The van der Waals surface area contributed by atoms with Gasteiger partial charge in [-0.25, -0.2) is 4.39 Å². The molecule has 1 atom stereocenters. The molecular weight excluding hydrogens is 199 g/mol. The van der Waals surface area contributed by atoms with Crippen LogP contribution in [0.4, 0.5) is 4.39 Å². The summed E-state index contributed by atoms with van der Waals surface area (Å²) in [6, 6.07) is 4.66. The smallest absolute Gasteiger partial charge is 0.127 e. The van der Waals surface area contributed by atoms with Crippen molar-refractivity contribution in [2.75, 3.05) is 6.26 Å². The van der Waals surface area contributed by atoms with Gasteiger partial charge in [-0.2, -0.15) is 0 Å². The molecule has 1 aromatic rings. The molecule has 1 rings (SSSR count). The molecule has 0 aliphatic carbocycles. The van der Waals surface area contributed by atoms with Crippen LogP contribution in [0.25, 0.3) is 0 Å². The van der Waals surface area contributed by atoms with Gasteiger partial charge in [0.05, 0.1) is 0 Å². The minimum atomic E-state index is -2.34. The monoisotopic (exact) mass is 214 g/mol. The number of hydrogen-bond donors (Lipinski definition) is 0. The van der Waals surface area contributed by atoms with E-state index in [1.165, 1.54) is 12.3 Å². The molecule has 3 heteroatoms. The largest absolute Gasteiger partial charge is 0.263 e. The summed E-state index contributed by atoms with van der Waals surface area (Å²) in [6.45, 7) is 3.76. The minimum Gasteiger partial charge on any atom is -0.263 e. The second kappa shape index (κ2) is 3.73. The molecular formula is C11H15FOS. The molecule has 1 aromatic carbocycles. The number of rotatable bonds is 2. The Kier molecular flexibility index (Phi) is 3.00. The maximum absolute atomic E-state index is 13.5. The van der Waals surface area contributed by atoms with Gasteiger partial charge >= 0.3 is 0 Å². The van der Waals surface area contributed by atoms with Gasteiger partial charge < -0.3 is 0 Å². The molecule has 14 heavy (non-hydrogen) atoms. The van der Waals surface area contributed by atoms with E-state index in [0.717, 1.165) is 0 Å². The van der Waals surface area contributed by atoms with Crippen molar-refractivity contribution in [1.29, 1.82) is 0 Å². The van der Waals surface area contributed by atoms with Gasteiger partial charge in [-0.15, -0.1) is 0 Å². The van der Waals surface area contributed by atoms with E-state index < -0.39 is 9.52 Å². The predicted molar refractivity (Wildman–Crippen MR) is 59.9 cm³/mol. The summed E-state index contributed by atoms with van der Waals surface area (Å²) in [5.41, 5.74) is 0.523. The van der Waals surface area contributed by atoms with Crippen LogP contribution < -0.4 is 0 Å². The van der Waals surface area contributed by atoms with E-state index in [1.54, 1.807) is 12.1 Å². The van der Waals surface area contributed by atoms with E-state index in [-0.39, 0.29) is 11.7 Å². The van der Waals surface area contributed by atoms with E-state index >= 15 is 0 Å². The molecule has 0 heterocycles. The normalized spacial score (nSPS) is 15.5. The Morgan fingerprint density at radius 1 is 1.43 bits per heavy atom. The first-order valence-corrected chi connectivity index (χ1v) is 6.58. The van der Waals surface area contributed by atoms with Crippen molar-refractivity contribution in [3.05, 3.63) is 29.6 Å². The van der Waals surface area contributed by atoms with Gasteiger partial charge in [0.25, 0.3) is 0 Å². The summed E-state index contributed by atoms with van der Waals surface area (Å²) in [6.07, 6.45) is 1.54. The quantitative estimate of drug-likeness (QED) is 0.692. The summed E-state index contributed by atoms with van der Waals surface area (Å²) in [7, 11) is -2.34. The molecule has 0 fully saturated rings. The van der Waals surface area contributed by atoms with Gasteiger partial charge in [0.2, 0.25) is 0 Å². The first-order chi connectivity index (χ1) is 6.34. The zero-order valence-electron chi connectivity index (χ0n) is 8.71. The highest BCUT2D eigenvalue weighted by Crippen LogP contribution is 2.26. The zero-order chi connectivity index (χ0) is 10.9. The molecule has 1 nitrogen and oxygen atoms in total. The van der Waals surface area contributed by atoms with Crippen LogP contribution in [-0.4, -0.2) is 16.3 Å². The second-order valence-electron chi connectivity index (χ2n) is 3.81. The zero-order valence-corrected chi connectivity index (χ0v) is 9.53.